The number of alkyl halides is 1. The second-order valence-electron chi connectivity index (χ2n) is 6.41. The maximum Gasteiger partial charge on any atom is 0.310 e. The summed E-state index contributed by atoms with van der Waals surface area (Å²) in [4.78, 5) is 24.9. The molecule has 1 N–H and O–H groups in total. The molecule has 6 atom stereocenters. The first-order valence-corrected chi connectivity index (χ1v) is 8.90. The number of ether oxygens (including phenoxy) is 2. The van der Waals surface area contributed by atoms with Crippen molar-refractivity contribution < 1.29 is 19.1 Å². The first kappa shape index (κ1) is 15.0. The van der Waals surface area contributed by atoms with E-state index < -0.39 is 0 Å². The molecule has 3 fully saturated rings. The zero-order valence-electron chi connectivity index (χ0n) is 12.7. The molecule has 1 amide bonds. The summed E-state index contributed by atoms with van der Waals surface area (Å²) in [5, 5.41) is 2.94. The molecule has 23 heavy (non-hydrogen) atoms. The average molecular weight is 380 g/mol. The lowest BCUT2D eigenvalue weighted by atomic mass is 9.79. The van der Waals surface area contributed by atoms with Crippen molar-refractivity contribution in [2.45, 2.75) is 24.3 Å². The number of nitrogens with one attached hydrogen (secondary N) is 1. The third kappa shape index (κ3) is 2.26. The van der Waals surface area contributed by atoms with Crippen molar-refractivity contribution in [3.8, 4) is 5.75 Å². The Hall–Kier alpha value is -1.56. The van der Waals surface area contributed by atoms with Crippen molar-refractivity contribution in [1.82, 2.24) is 0 Å². The van der Waals surface area contributed by atoms with Gasteiger partial charge in [-0.1, -0.05) is 15.9 Å². The number of benzene rings is 1. The highest BCUT2D eigenvalue weighted by Crippen LogP contribution is 2.60. The predicted octanol–water partition coefficient (Wildman–Crippen LogP) is 2.59. The third-order valence-corrected chi connectivity index (χ3v) is 6.46. The summed E-state index contributed by atoms with van der Waals surface area (Å²) >= 11 is 3.62. The maximum atomic E-state index is 12.7. The first-order valence-electron chi connectivity index (χ1n) is 7.98. The Morgan fingerprint density at radius 3 is 2.78 bits per heavy atom. The van der Waals surface area contributed by atoms with Gasteiger partial charge in [-0.05, 0) is 43.5 Å². The van der Waals surface area contributed by atoms with E-state index in [-0.39, 0.29) is 46.5 Å². The van der Waals surface area contributed by atoms with Crippen molar-refractivity contribution in [3.05, 3.63) is 24.3 Å². The highest BCUT2D eigenvalue weighted by molar-refractivity contribution is 9.09. The van der Waals surface area contributed by atoms with Crippen LogP contribution in [0.25, 0.3) is 0 Å². The minimum Gasteiger partial charge on any atom is -0.494 e. The van der Waals surface area contributed by atoms with Gasteiger partial charge in [0.1, 0.15) is 11.9 Å². The monoisotopic (exact) mass is 379 g/mol. The number of esters is 1. The summed E-state index contributed by atoms with van der Waals surface area (Å²) in [7, 11) is 0. The second-order valence-corrected chi connectivity index (χ2v) is 7.46. The van der Waals surface area contributed by atoms with Crippen LogP contribution in [0.4, 0.5) is 5.69 Å². The van der Waals surface area contributed by atoms with Gasteiger partial charge in [-0.25, -0.2) is 0 Å². The molecule has 1 aromatic rings. The lowest BCUT2D eigenvalue weighted by molar-refractivity contribution is -0.145. The molecule has 0 unspecified atom stereocenters. The fraction of sp³-hybridized carbons (Fsp3) is 0.529. The molecule has 2 aliphatic carbocycles. The Balaban J connectivity index is 1.50. The Labute approximate surface area is 142 Å². The molecule has 3 aliphatic rings. The smallest absolute Gasteiger partial charge is 0.310 e. The SMILES string of the molecule is CCOc1ccc(NC(=O)[C@@H]2[C@H]3C[C@H]4[C@H](OC(=O)[C@@H]42)[C@H]3Br)cc1. The molecule has 2 bridgehead atoms. The van der Waals surface area contributed by atoms with Gasteiger partial charge in [0.05, 0.1) is 23.3 Å². The van der Waals surface area contributed by atoms with Crippen molar-refractivity contribution in [3.63, 3.8) is 0 Å². The van der Waals surface area contributed by atoms with Crippen molar-refractivity contribution in [1.29, 1.82) is 0 Å². The van der Waals surface area contributed by atoms with E-state index in [9.17, 15) is 9.59 Å². The number of carbonyl (C=O) groups is 2. The van der Waals surface area contributed by atoms with Crippen molar-refractivity contribution >= 4 is 33.5 Å². The van der Waals surface area contributed by atoms with Gasteiger partial charge < -0.3 is 14.8 Å². The molecule has 2 saturated carbocycles. The Bertz CT molecular complexity index is 646. The topological polar surface area (TPSA) is 64.6 Å². The van der Waals surface area contributed by atoms with E-state index in [0.29, 0.717) is 6.61 Å². The van der Waals surface area contributed by atoms with Crippen LogP contribution >= 0.6 is 15.9 Å². The number of fused-ring (bicyclic) bond motifs is 1. The summed E-state index contributed by atoms with van der Waals surface area (Å²) in [5.41, 5.74) is 0.718. The summed E-state index contributed by atoms with van der Waals surface area (Å²) in [5.74, 6) is 0.249. The van der Waals surface area contributed by atoms with E-state index in [2.05, 4.69) is 21.2 Å². The number of halogens is 1. The van der Waals surface area contributed by atoms with Gasteiger partial charge in [0.25, 0.3) is 0 Å². The first-order chi connectivity index (χ1) is 11.1. The maximum absolute atomic E-state index is 12.7. The molecule has 0 aromatic heterocycles. The van der Waals surface area contributed by atoms with Gasteiger partial charge >= 0.3 is 5.97 Å². The van der Waals surface area contributed by atoms with Crippen LogP contribution < -0.4 is 10.1 Å². The van der Waals surface area contributed by atoms with Crippen LogP contribution in [-0.4, -0.2) is 29.4 Å². The molecule has 4 rings (SSSR count). The van der Waals surface area contributed by atoms with Crippen molar-refractivity contribution in [2.24, 2.45) is 23.7 Å². The predicted molar refractivity (Wildman–Crippen MR) is 87.4 cm³/mol. The number of amides is 1. The number of anilines is 1. The van der Waals surface area contributed by atoms with Crippen LogP contribution in [0.15, 0.2) is 24.3 Å². The second kappa shape index (κ2) is 5.51. The molecule has 6 heteroatoms. The molecule has 122 valence electrons. The van der Waals surface area contributed by atoms with Gasteiger partial charge in [0.15, 0.2) is 0 Å². The highest BCUT2D eigenvalue weighted by atomic mass is 79.9. The minimum absolute atomic E-state index is 0.0490. The quantitative estimate of drug-likeness (QED) is 0.644. The highest BCUT2D eigenvalue weighted by Gasteiger charge is 2.67. The van der Waals surface area contributed by atoms with Crippen LogP contribution in [0.1, 0.15) is 13.3 Å². The Morgan fingerprint density at radius 1 is 1.35 bits per heavy atom. The van der Waals surface area contributed by atoms with Gasteiger partial charge in [0.2, 0.25) is 5.91 Å². The van der Waals surface area contributed by atoms with Gasteiger partial charge in [-0.15, -0.1) is 0 Å². The summed E-state index contributed by atoms with van der Waals surface area (Å²) in [6.45, 7) is 2.53. The molecule has 1 saturated heterocycles. The Kier molecular flexibility index (Phi) is 3.59. The summed E-state index contributed by atoms with van der Waals surface area (Å²) in [6.07, 6.45) is 0.838. The third-order valence-electron chi connectivity index (χ3n) is 5.26. The number of rotatable bonds is 4. The summed E-state index contributed by atoms with van der Waals surface area (Å²) in [6, 6.07) is 7.29. The minimum atomic E-state index is -0.304. The van der Waals surface area contributed by atoms with E-state index in [1.807, 2.05) is 31.2 Å². The largest absolute Gasteiger partial charge is 0.494 e. The molecule has 1 aliphatic heterocycles. The van der Waals surface area contributed by atoms with Crippen LogP contribution in [0.2, 0.25) is 0 Å². The average Bonchev–Trinajstić information content (AvgIpc) is 3.13. The van der Waals surface area contributed by atoms with Crippen LogP contribution in [0.3, 0.4) is 0 Å². The molecule has 0 radical (unpaired) electrons. The number of hydrogen-bond acceptors (Lipinski definition) is 4. The van der Waals surface area contributed by atoms with E-state index >= 15 is 0 Å². The van der Waals surface area contributed by atoms with Crippen LogP contribution in [0.5, 0.6) is 5.75 Å². The Morgan fingerprint density at radius 2 is 2.09 bits per heavy atom. The van der Waals surface area contributed by atoms with Gasteiger partial charge in [0, 0.05) is 11.6 Å². The van der Waals surface area contributed by atoms with Gasteiger partial charge in [-0.2, -0.15) is 0 Å². The van der Waals surface area contributed by atoms with E-state index in [4.69, 9.17) is 9.47 Å². The van der Waals surface area contributed by atoms with E-state index in [1.54, 1.807) is 0 Å². The van der Waals surface area contributed by atoms with Gasteiger partial charge in [-0.3, -0.25) is 9.59 Å². The number of hydrogen-bond donors (Lipinski definition) is 1. The lowest BCUT2D eigenvalue weighted by Gasteiger charge is -2.27. The fourth-order valence-electron chi connectivity index (χ4n) is 4.36. The standard InChI is InChI=1S/C17H18BrNO4/c1-2-22-9-5-3-8(4-6-9)19-16(20)12-10-7-11-13(12)17(21)23-15(11)14(10)18/h3-6,10-15H,2,7H2,1H3,(H,19,20)/t10-,11-,12-,13+,14+,15+/m1/s1. The lowest BCUT2D eigenvalue weighted by Crippen LogP contribution is -2.40. The molecular weight excluding hydrogens is 362 g/mol. The zero-order chi connectivity index (χ0) is 16.1. The van der Waals surface area contributed by atoms with Crippen LogP contribution in [0, 0.1) is 23.7 Å². The van der Waals surface area contributed by atoms with E-state index in [1.165, 1.54) is 0 Å². The summed E-state index contributed by atoms with van der Waals surface area (Å²) < 4.78 is 10.8. The van der Waals surface area contributed by atoms with Crippen LogP contribution in [-0.2, 0) is 14.3 Å². The zero-order valence-corrected chi connectivity index (χ0v) is 14.3. The normalized spacial score (nSPS) is 36.9. The molecular formula is C17H18BrNO4. The van der Waals surface area contributed by atoms with E-state index in [0.717, 1.165) is 17.9 Å². The molecule has 0 spiro atoms. The molecule has 1 aromatic carbocycles. The molecule has 5 nitrogen and oxygen atoms in total. The molecule has 1 heterocycles. The fourth-order valence-corrected chi connectivity index (χ4v) is 5.40. The van der Waals surface area contributed by atoms with Crippen molar-refractivity contribution in [2.75, 3.05) is 11.9 Å². The number of carbonyl (C=O) groups excluding carboxylic acids is 2.